The van der Waals surface area contributed by atoms with Crippen LogP contribution in [-0.2, 0) is 15.1 Å². The summed E-state index contributed by atoms with van der Waals surface area (Å²) in [4.78, 5) is 35.8. The van der Waals surface area contributed by atoms with Crippen LogP contribution < -0.4 is 5.32 Å². The minimum Gasteiger partial charge on any atom is -0.445 e. The summed E-state index contributed by atoms with van der Waals surface area (Å²) in [6.07, 6.45) is 11.7. The molecule has 4 heterocycles. The van der Waals surface area contributed by atoms with Gasteiger partial charge in [-0.25, -0.2) is 4.98 Å². The minimum absolute atomic E-state index is 0.0643. The Hall–Kier alpha value is -4.50. The number of carbonyl (C=O) groups is 1. The number of oxazole rings is 1. The Bertz CT molecular complexity index is 1440. The van der Waals surface area contributed by atoms with Gasteiger partial charge < -0.3 is 14.5 Å². The fraction of sp³-hybridized carbons (Fsp3) is 0.214. The van der Waals surface area contributed by atoms with E-state index in [-0.39, 0.29) is 5.89 Å². The molecule has 0 saturated heterocycles. The van der Waals surface area contributed by atoms with E-state index < -0.39 is 11.5 Å². The van der Waals surface area contributed by atoms with Crippen LogP contribution in [0.15, 0.2) is 92.8 Å². The zero-order valence-corrected chi connectivity index (χ0v) is 21.2. The molecule has 0 saturated carbocycles. The highest BCUT2D eigenvalue weighted by Crippen LogP contribution is 2.35. The van der Waals surface area contributed by atoms with Crippen LogP contribution in [0.2, 0.25) is 0 Å². The summed E-state index contributed by atoms with van der Waals surface area (Å²) in [6, 6.07) is 7.50. The Labute approximate surface area is 215 Å². The molecule has 9 nitrogen and oxygen atoms in total. The third kappa shape index (κ3) is 4.81. The molecule has 1 aliphatic rings. The van der Waals surface area contributed by atoms with Gasteiger partial charge in [0.2, 0.25) is 5.89 Å². The van der Waals surface area contributed by atoms with Gasteiger partial charge in [0.25, 0.3) is 11.5 Å². The Morgan fingerprint density at radius 3 is 2.54 bits per heavy atom. The van der Waals surface area contributed by atoms with Crippen molar-refractivity contribution in [1.29, 1.82) is 0 Å². The van der Waals surface area contributed by atoms with Crippen molar-refractivity contribution in [1.82, 2.24) is 20.3 Å². The van der Waals surface area contributed by atoms with Gasteiger partial charge in [0.1, 0.15) is 6.26 Å². The summed E-state index contributed by atoms with van der Waals surface area (Å²) in [5.41, 5.74) is 4.12. The highest BCUT2D eigenvalue weighted by molar-refractivity contribution is 5.92. The quantitative estimate of drug-likeness (QED) is 0.461. The van der Waals surface area contributed by atoms with Gasteiger partial charge in [-0.3, -0.25) is 24.7 Å². The molecule has 188 valence electrons. The van der Waals surface area contributed by atoms with Gasteiger partial charge in [0, 0.05) is 43.9 Å². The number of aromatic nitrogens is 3. The normalized spacial score (nSPS) is 15.6. The van der Waals surface area contributed by atoms with Gasteiger partial charge in [0.05, 0.1) is 29.5 Å². The van der Waals surface area contributed by atoms with Crippen LogP contribution in [-0.4, -0.2) is 40.9 Å². The zero-order valence-electron chi connectivity index (χ0n) is 21.2. The lowest BCUT2D eigenvalue weighted by Crippen LogP contribution is -2.48. The van der Waals surface area contributed by atoms with Crippen LogP contribution in [0.25, 0.3) is 5.57 Å². The van der Waals surface area contributed by atoms with Crippen LogP contribution >= 0.6 is 0 Å². The number of hydrogen-bond acceptors (Lipinski definition) is 8. The van der Waals surface area contributed by atoms with Gasteiger partial charge in [-0.1, -0.05) is 12.1 Å². The molecular formula is C28H28N6O3. The van der Waals surface area contributed by atoms with Crippen LogP contribution in [0.4, 0.5) is 0 Å². The monoisotopic (exact) mass is 496 g/mol. The molecule has 1 unspecified atom stereocenters. The van der Waals surface area contributed by atoms with Crippen molar-refractivity contribution in [2.24, 2.45) is 9.98 Å². The number of hydrogen-bond donors (Lipinski definition) is 1. The number of aryl methyl sites for hydroxylation is 2. The van der Waals surface area contributed by atoms with E-state index in [4.69, 9.17) is 9.15 Å². The molecule has 0 fully saturated rings. The van der Waals surface area contributed by atoms with Crippen LogP contribution in [0.1, 0.15) is 41.8 Å². The molecule has 3 aromatic heterocycles. The number of methoxy groups -OCH3 is 1. The molecule has 1 atom stereocenters. The predicted octanol–water partition coefficient (Wildman–Crippen LogP) is 4.46. The van der Waals surface area contributed by atoms with Crippen LogP contribution in [0, 0.1) is 13.8 Å². The molecule has 0 spiro atoms. The predicted molar refractivity (Wildman–Crippen MR) is 142 cm³/mol. The largest absolute Gasteiger partial charge is 0.445 e. The van der Waals surface area contributed by atoms with E-state index in [2.05, 4.69) is 37.0 Å². The van der Waals surface area contributed by atoms with Crippen molar-refractivity contribution in [3.05, 3.63) is 107 Å². The van der Waals surface area contributed by atoms with E-state index in [1.165, 1.54) is 19.6 Å². The van der Waals surface area contributed by atoms with Gasteiger partial charge in [0.15, 0.2) is 0 Å². The summed E-state index contributed by atoms with van der Waals surface area (Å²) in [5.74, 6) is -0.461. The highest BCUT2D eigenvalue weighted by Gasteiger charge is 2.49. The highest BCUT2D eigenvalue weighted by atomic mass is 16.5. The van der Waals surface area contributed by atoms with E-state index in [1.54, 1.807) is 37.1 Å². The van der Waals surface area contributed by atoms with Crippen molar-refractivity contribution >= 4 is 24.4 Å². The molecule has 1 amide bonds. The molecule has 9 heteroatoms. The number of allylic oxidation sites excluding steroid dienone is 3. The SMILES string of the molecule is C=N/C=C(/C1=C(C)C(NC(=O)C(OC)(c2ncco2)c2ncccc2C)=CN=CC1)c1ncccc1C. The Balaban J connectivity index is 1.81. The van der Waals surface area contributed by atoms with Gasteiger partial charge >= 0.3 is 0 Å². The van der Waals surface area contributed by atoms with Crippen molar-refractivity contribution in [3.8, 4) is 0 Å². The maximum absolute atomic E-state index is 14.1. The van der Waals surface area contributed by atoms with Gasteiger partial charge in [-0.15, -0.1) is 0 Å². The summed E-state index contributed by atoms with van der Waals surface area (Å²) in [6.45, 7) is 9.39. The third-order valence-electron chi connectivity index (χ3n) is 6.22. The van der Waals surface area contributed by atoms with Crippen LogP contribution in [0.5, 0.6) is 0 Å². The standard InChI is InChI=1S/C28H28N6O3/c1-18-8-6-11-31-24(18)22(16-29-4)21-10-13-30-17-23(20(21)3)34-26(35)28(36-5,27-33-14-15-37-27)25-19(2)9-7-12-32-25/h6-9,11-17H,4,10H2,1-3,5H3,(H,34,35)/b22-16-. The molecule has 4 rings (SSSR count). The fourth-order valence-electron chi connectivity index (χ4n) is 4.31. The number of nitrogens with zero attached hydrogens (tertiary/aromatic N) is 5. The minimum atomic E-state index is -1.73. The molecule has 1 N–H and O–H groups in total. The van der Waals surface area contributed by atoms with E-state index in [0.29, 0.717) is 17.8 Å². The first-order chi connectivity index (χ1) is 17.9. The number of aliphatic imine (C=N–C) groups is 2. The van der Waals surface area contributed by atoms with E-state index in [9.17, 15) is 4.79 Å². The number of pyridine rings is 2. The summed E-state index contributed by atoms with van der Waals surface area (Å²) in [7, 11) is 1.42. The van der Waals surface area contributed by atoms with Gasteiger partial charge in [-0.05, 0) is 61.9 Å². The number of carbonyl (C=O) groups excluding carboxylic acids is 1. The summed E-state index contributed by atoms with van der Waals surface area (Å²) in [5, 5.41) is 3.00. The van der Waals surface area contributed by atoms with Crippen molar-refractivity contribution in [2.45, 2.75) is 32.8 Å². The van der Waals surface area contributed by atoms with E-state index >= 15 is 0 Å². The second-order valence-electron chi connectivity index (χ2n) is 8.42. The average molecular weight is 497 g/mol. The number of ether oxygens (including phenoxy) is 1. The number of amides is 1. The average Bonchev–Trinajstić information content (AvgIpc) is 3.38. The summed E-state index contributed by atoms with van der Waals surface area (Å²) < 4.78 is 11.4. The van der Waals surface area contributed by atoms with Gasteiger partial charge in [-0.2, -0.15) is 0 Å². The second-order valence-corrected chi connectivity index (χ2v) is 8.42. The lowest BCUT2D eigenvalue weighted by Gasteiger charge is -2.29. The third-order valence-corrected chi connectivity index (χ3v) is 6.22. The molecule has 37 heavy (non-hydrogen) atoms. The first kappa shape index (κ1) is 25.6. The molecule has 0 radical (unpaired) electrons. The Morgan fingerprint density at radius 1 is 1.14 bits per heavy atom. The van der Waals surface area contributed by atoms with Crippen molar-refractivity contribution in [3.63, 3.8) is 0 Å². The number of nitrogens with one attached hydrogen (secondary N) is 1. The Morgan fingerprint density at radius 2 is 1.89 bits per heavy atom. The van der Waals surface area contributed by atoms with Crippen LogP contribution in [0.3, 0.4) is 0 Å². The molecule has 0 bridgehead atoms. The first-order valence-corrected chi connectivity index (χ1v) is 11.6. The van der Waals surface area contributed by atoms with E-state index in [0.717, 1.165) is 33.5 Å². The maximum Gasteiger partial charge on any atom is 0.272 e. The first-order valence-electron chi connectivity index (χ1n) is 11.6. The molecule has 3 aromatic rings. The zero-order chi connectivity index (χ0) is 26.4. The Kier molecular flexibility index (Phi) is 7.64. The fourth-order valence-corrected chi connectivity index (χ4v) is 4.31. The maximum atomic E-state index is 14.1. The second kappa shape index (κ2) is 11.0. The topological polar surface area (TPSA) is 115 Å². The number of rotatable bonds is 8. The molecule has 1 aliphatic heterocycles. The molecular weight excluding hydrogens is 468 g/mol. The molecule has 0 aliphatic carbocycles. The lowest BCUT2D eigenvalue weighted by atomic mass is 9.91. The van der Waals surface area contributed by atoms with Crippen molar-refractivity contribution in [2.75, 3.05) is 7.11 Å². The smallest absolute Gasteiger partial charge is 0.272 e. The summed E-state index contributed by atoms with van der Waals surface area (Å²) >= 11 is 0. The van der Waals surface area contributed by atoms with E-state index in [1.807, 2.05) is 39.0 Å². The van der Waals surface area contributed by atoms with Crippen molar-refractivity contribution < 1.29 is 13.9 Å². The lowest BCUT2D eigenvalue weighted by molar-refractivity contribution is -0.141. The molecule has 0 aromatic carbocycles.